The summed E-state index contributed by atoms with van der Waals surface area (Å²) >= 11 is 0. The molecule has 4 aromatic rings. The zero-order valence-corrected chi connectivity index (χ0v) is 23.4. The minimum Gasteiger partial charge on any atom is -0.508 e. The van der Waals surface area contributed by atoms with Crippen LogP contribution in [0.1, 0.15) is 28.2 Å². The maximum absolute atomic E-state index is 13.4. The van der Waals surface area contributed by atoms with Crippen LogP contribution < -0.4 is 10.6 Å². The molecule has 0 aromatic heterocycles. The lowest BCUT2D eigenvalue weighted by molar-refractivity contribution is -0.384. The standard InChI is InChI=1S/C33H29N3O8/c37-23-15-11-21(12-16-23)17-29(31(38)34-30(32(39)40)18-20-9-13-22(14-10-20)36(42)43)35-33(41)44-19-28-26-7-3-1-5-24(26)25-6-2-4-8-27(25)28/h1-16,28-30,37H,17-19H2,(H,34,38)(H,35,41)(H,39,40). The van der Waals surface area contributed by atoms with Gasteiger partial charge in [-0.25, -0.2) is 9.59 Å². The number of rotatable bonds is 11. The molecule has 2 atom stereocenters. The largest absolute Gasteiger partial charge is 0.508 e. The van der Waals surface area contributed by atoms with E-state index in [9.17, 15) is 34.7 Å². The van der Waals surface area contributed by atoms with Gasteiger partial charge in [0.15, 0.2) is 0 Å². The number of carbonyl (C=O) groups is 3. The highest BCUT2D eigenvalue weighted by Crippen LogP contribution is 2.44. The first-order chi connectivity index (χ1) is 21.2. The van der Waals surface area contributed by atoms with Gasteiger partial charge < -0.3 is 25.6 Å². The van der Waals surface area contributed by atoms with Gasteiger partial charge in [0.1, 0.15) is 24.4 Å². The maximum Gasteiger partial charge on any atom is 0.407 e. The molecule has 1 aliphatic rings. The van der Waals surface area contributed by atoms with Crippen molar-refractivity contribution >= 4 is 23.7 Å². The number of hydrogen-bond donors (Lipinski definition) is 4. The summed E-state index contributed by atoms with van der Waals surface area (Å²) in [6.07, 6.45) is -1.01. The number of nitro benzene ring substituents is 1. The third-order valence-corrected chi connectivity index (χ3v) is 7.53. The summed E-state index contributed by atoms with van der Waals surface area (Å²) in [6, 6.07) is 24.5. The Labute approximate surface area is 252 Å². The molecule has 224 valence electrons. The Morgan fingerprint density at radius 1 is 0.773 bits per heavy atom. The highest BCUT2D eigenvalue weighted by molar-refractivity contribution is 5.89. The number of nitrogens with zero attached hydrogens (tertiary/aromatic N) is 1. The fraction of sp³-hybridized carbons (Fsp3) is 0.182. The number of amides is 2. The van der Waals surface area contributed by atoms with Crippen LogP contribution in [-0.2, 0) is 27.2 Å². The fourth-order valence-electron chi connectivity index (χ4n) is 5.32. The first kappa shape index (κ1) is 29.8. The summed E-state index contributed by atoms with van der Waals surface area (Å²) in [6.45, 7) is 0.0192. The lowest BCUT2D eigenvalue weighted by Gasteiger charge is -2.22. The molecule has 0 radical (unpaired) electrons. The Morgan fingerprint density at radius 2 is 1.30 bits per heavy atom. The number of carbonyl (C=O) groups excluding carboxylic acids is 2. The Morgan fingerprint density at radius 3 is 1.84 bits per heavy atom. The van der Waals surface area contributed by atoms with Crippen molar-refractivity contribution in [3.05, 3.63) is 129 Å². The topological polar surface area (TPSA) is 168 Å². The lowest BCUT2D eigenvalue weighted by atomic mass is 9.98. The van der Waals surface area contributed by atoms with E-state index in [2.05, 4.69) is 10.6 Å². The number of nitro groups is 1. The third-order valence-electron chi connectivity index (χ3n) is 7.53. The van der Waals surface area contributed by atoms with Crippen molar-refractivity contribution in [1.82, 2.24) is 10.6 Å². The quantitative estimate of drug-likeness (QED) is 0.145. The number of aliphatic carboxylic acids is 1. The number of non-ortho nitro benzene ring substituents is 1. The highest BCUT2D eigenvalue weighted by atomic mass is 16.6. The zero-order valence-electron chi connectivity index (χ0n) is 23.4. The number of aromatic hydroxyl groups is 1. The third kappa shape index (κ3) is 6.84. The number of ether oxygens (including phenoxy) is 1. The molecular formula is C33H29N3O8. The molecular weight excluding hydrogens is 566 g/mol. The molecule has 11 heteroatoms. The molecule has 0 spiro atoms. The van der Waals surface area contributed by atoms with Crippen LogP contribution in [-0.4, -0.2) is 51.8 Å². The molecule has 2 amide bonds. The van der Waals surface area contributed by atoms with Crippen LogP contribution in [0.25, 0.3) is 11.1 Å². The Kier molecular flexibility index (Phi) is 8.85. The fourth-order valence-corrected chi connectivity index (χ4v) is 5.32. The second-order valence-corrected chi connectivity index (χ2v) is 10.4. The van der Waals surface area contributed by atoms with Crippen LogP contribution >= 0.6 is 0 Å². The normalized spacial score (nSPS) is 13.2. The van der Waals surface area contributed by atoms with Crippen molar-refractivity contribution in [2.75, 3.05) is 6.61 Å². The molecule has 4 aromatic carbocycles. The van der Waals surface area contributed by atoms with E-state index in [4.69, 9.17) is 4.74 Å². The Balaban J connectivity index is 1.29. The van der Waals surface area contributed by atoms with E-state index in [0.29, 0.717) is 11.1 Å². The van der Waals surface area contributed by atoms with Crippen LogP contribution in [0.4, 0.5) is 10.5 Å². The summed E-state index contributed by atoms with van der Waals surface area (Å²) in [7, 11) is 0. The summed E-state index contributed by atoms with van der Waals surface area (Å²) in [5.74, 6) is -2.26. The van der Waals surface area contributed by atoms with Crippen LogP contribution in [0.2, 0.25) is 0 Å². The van der Waals surface area contributed by atoms with E-state index in [1.807, 2.05) is 48.5 Å². The van der Waals surface area contributed by atoms with Gasteiger partial charge in [-0.1, -0.05) is 72.8 Å². The number of carboxylic acids is 1. The first-order valence-corrected chi connectivity index (χ1v) is 13.9. The number of hydrogen-bond acceptors (Lipinski definition) is 7. The Bertz CT molecular complexity index is 1640. The average Bonchev–Trinajstić information content (AvgIpc) is 3.34. The molecule has 2 unspecified atom stereocenters. The first-order valence-electron chi connectivity index (χ1n) is 13.9. The van der Waals surface area contributed by atoms with E-state index in [-0.39, 0.29) is 36.8 Å². The molecule has 0 heterocycles. The van der Waals surface area contributed by atoms with Gasteiger partial charge in [-0.2, -0.15) is 0 Å². The predicted octanol–water partition coefficient (Wildman–Crippen LogP) is 4.56. The summed E-state index contributed by atoms with van der Waals surface area (Å²) in [5.41, 5.74) is 5.09. The lowest BCUT2D eigenvalue weighted by Crippen LogP contribution is -2.53. The van der Waals surface area contributed by atoms with E-state index in [1.165, 1.54) is 36.4 Å². The average molecular weight is 596 g/mol. The second kappa shape index (κ2) is 13.1. The second-order valence-electron chi connectivity index (χ2n) is 10.4. The van der Waals surface area contributed by atoms with Gasteiger partial charge in [0.05, 0.1) is 4.92 Å². The van der Waals surface area contributed by atoms with Crippen molar-refractivity contribution in [3.63, 3.8) is 0 Å². The molecule has 4 N–H and O–H groups in total. The number of alkyl carbamates (subject to hydrolysis) is 1. The maximum atomic E-state index is 13.4. The molecule has 5 rings (SSSR count). The van der Waals surface area contributed by atoms with Gasteiger partial charge in [0.2, 0.25) is 5.91 Å². The molecule has 11 nitrogen and oxygen atoms in total. The number of phenols is 1. The van der Waals surface area contributed by atoms with E-state index >= 15 is 0 Å². The van der Waals surface area contributed by atoms with E-state index in [1.54, 1.807) is 12.1 Å². The van der Waals surface area contributed by atoms with Crippen LogP contribution in [0.15, 0.2) is 97.1 Å². The highest BCUT2D eigenvalue weighted by Gasteiger charge is 2.31. The van der Waals surface area contributed by atoms with Gasteiger partial charge in [-0.3, -0.25) is 14.9 Å². The predicted molar refractivity (Wildman–Crippen MR) is 160 cm³/mol. The monoisotopic (exact) mass is 595 g/mol. The number of benzene rings is 4. The summed E-state index contributed by atoms with van der Waals surface area (Å²) < 4.78 is 5.61. The van der Waals surface area contributed by atoms with Gasteiger partial charge in [0, 0.05) is 30.9 Å². The van der Waals surface area contributed by atoms with Crippen LogP contribution in [0, 0.1) is 10.1 Å². The van der Waals surface area contributed by atoms with Gasteiger partial charge in [-0.15, -0.1) is 0 Å². The molecule has 0 fully saturated rings. The zero-order chi connectivity index (χ0) is 31.2. The number of phenolic OH excluding ortho intramolecular Hbond substituents is 1. The molecule has 44 heavy (non-hydrogen) atoms. The van der Waals surface area contributed by atoms with Gasteiger partial charge in [-0.05, 0) is 45.5 Å². The van der Waals surface area contributed by atoms with Gasteiger partial charge in [0.25, 0.3) is 5.69 Å². The summed E-state index contributed by atoms with van der Waals surface area (Å²) in [5, 5.41) is 35.5. The van der Waals surface area contributed by atoms with Crippen LogP contribution in [0.5, 0.6) is 5.75 Å². The summed E-state index contributed by atoms with van der Waals surface area (Å²) in [4.78, 5) is 48.9. The number of fused-ring (bicyclic) bond motifs is 3. The number of nitrogens with one attached hydrogen (secondary N) is 2. The minimum absolute atomic E-state index is 0.0137. The SMILES string of the molecule is O=C(NC(Cc1ccc(O)cc1)C(=O)NC(Cc1ccc([N+](=O)[O-])cc1)C(=O)O)OCC1c2ccccc2-c2ccccc21. The van der Waals surface area contributed by atoms with Crippen molar-refractivity contribution < 1.29 is 34.3 Å². The van der Waals surface area contributed by atoms with E-state index < -0.39 is 35.0 Å². The molecule has 0 saturated carbocycles. The smallest absolute Gasteiger partial charge is 0.407 e. The Hall–Kier alpha value is -5.71. The van der Waals surface area contributed by atoms with Gasteiger partial charge >= 0.3 is 12.1 Å². The van der Waals surface area contributed by atoms with Crippen molar-refractivity contribution in [2.45, 2.75) is 30.8 Å². The molecule has 0 saturated heterocycles. The number of carboxylic acid groups (broad SMARTS) is 1. The van der Waals surface area contributed by atoms with Crippen molar-refractivity contribution in [2.24, 2.45) is 0 Å². The molecule has 0 bridgehead atoms. The van der Waals surface area contributed by atoms with Crippen LogP contribution in [0.3, 0.4) is 0 Å². The molecule has 1 aliphatic carbocycles. The molecule has 0 aliphatic heterocycles. The van der Waals surface area contributed by atoms with Crippen molar-refractivity contribution in [1.29, 1.82) is 0 Å². The van der Waals surface area contributed by atoms with E-state index in [0.717, 1.165) is 22.3 Å². The minimum atomic E-state index is -1.38. The van der Waals surface area contributed by atoms with Crippen molar-refractivity contribution in [3.8, 4) is 16.9 Å².